The van der Waals surface area contributed by atoms with Crippen LogP contribution in [0.1, 0.15) is 10.5 Å². The van der Waals surface area contributed by atoms with Gasteiger partial charge in [-0.3, -0.25) is 0 Å². The first-order valence-corrected chi connectivity index (χ1v) is 10.5. The molecule has 0 aliphatic heterocycles. The minimum atomic E-state index is -0.225. The summed E-state index contributed by atoms with van der Waals surface area (Å²) < 4.78 is 2.44. The van der Waals surface area contributed by atoms with Gasteiger partial charge in [-0.15, -0.1) is 0 Å². The Hall–Kier alpha value is -3.27. The van der Waals surface area contributed by atoms with Gasteiger partial charge in [0.15, 0.2) is 0 Å². The molecule has 4 aromatic rings. The van der Waals surface area contributed by atoms with Crippen molar-refractivity contribution in [3.8, 4) is 11.1 Å². The number of pyridine rings is 2. The Morgan fingerprint density at radius 3 is 2.39 bits per heavy atom. The number of amides is 1. The zero-order valence-corrected chi connectivity index (χ0v) is 16.7. The monoisotopic (exact) mass is 431 g/mol. The molecule has 0 spiro atoms. The number of hydrogen-bond donors (Lipinski definition) is 1. The predicted octanol–water partition coefficient (Wildman–Crippen LogP) is 3.05. The van der Waals surface area contributed by atoms with E-state index in [1.54, 1.807) is 30.6 Å². The van der Waals surface area contributed by atoms with E-state index in [9.17, 15) is 4.79 Å². The van der Waals surface area contributed by atoms with Gasteiger partial charge in [0.05, 0.1) is 0 Å². The Kier molecular flexibility index (Phi) is 5.57. The topological polar surface area (TPSA) is 54.9 Å². The van der Waals surface area contributed by atoms with E-state index < -0.39 is 0 Å². The van der Waals surface area contributed by atoms with Crippen molar-refractivity contribution in [2.75, 3.05) is 5.32 Å². The molecule has 5 heteroatoms. The number of para-hydroxylation sites is 1. The van der Waals surface area contributed by atoms with Gasteiger partial charge >= 0.3 is 170 Å². The van der Waals surface area contributed by atoms with Crippen LogP contribution in [0.3, 0.4) is 0 Å². The van der Waals surface area contributed by atoms with E-state index in [0.29, 0.717) is 5.69 Å². The zero-order chi connectivity index (χ0) is 19.2. The number of hydrogen-bond acceptors (Lipinski definition) is 3. The van der Waals surface area contributed by atoms with Crippen LogP contribution in [0.2, 0.25) is 0 Å². The second-order valence-corrected chi connectivity index (χ2v) is 8.34. The Labute approximate surface area is 169 Å². The Morgan fingerprint density at radius 2 is 1.57 bits per heavy atom. The molecule has 1 N–H and O–H groups in total. The second kappa shape index (κ2) is 8.61. The molecule has 1 amide bonds. The summed E-state index contributed by atoms with van der Waals surface area (Å²) in [6, 6.07) is 25.5. The summed E-state index contributed by atoms with van der Waals surface area (Å²) in [5, 5.41) is 3.00. The molecule has 4 rings (SSSR count). The van der Waals surface area contributed by atoms with E-state index in [0.717, 1.165) is 16.8 Å². The Morgan fingerprint density at radius 1 is 0.786 bits per heavy atom. The fourth-order valence-electron chi connectivity index (χ4n) is 2.81. The molecular weight excluding hydrogens is 413 g/mol. The summed E-state index contributed by atoms with van der Waals surface area (Å²) in [5.74, 6) is -0.225. The van der Waals surface area contributed by atoms with Gasteiger partial charge in [0.25, 0.3) is 0 Å². The molecule has 28 heavy (non-hydrogen) atoms. The third kappa shape index (κ3) is 4.17. The molecule has 0 unspecified atom stereocenters. The maximum absolute atomic E-state index is 12.6. The van der Waals surface area contributed by atoms with Crippen molar-refractivity contribution in [2.24, 2.45) is 0 Å². The van der Waals surface area contributed by atoms with E-state index >= 15 is 0 Å². The van der Waals surface area contributed by atoms with Crippen molar-refractivity contribution in [3.05, 3.63) is 103 Å². The Balaban J connectivity index is 1.68. The van der Waals surface area contributed by atoms with Crippen LogP contribution in [0.25, 0.3) is 11.1 Å². The summed E-state index contributed by atoms with van der Waals surface area (Å²) >= 11 is 0.114. The number of benzene rings is 2. The van der Waals surface area contributed by atoms with E-state index in [1.807, 2.05) is 54.7 Å². The molecule has 4 nitrogen and oxygen atoms in total. The van der Waals surface area contributed by atoms with Crippen LogP contribution in [0.5, 0.6) is 0 Å². The van der Waals surface area contributed by atoms with Crippen molar-refractivity contribution in [1.29, 1.82) is 0 Å². The molecule has 0 aliphatic rings. The standard InChI is InChI=1S/C23H17N3OSe/c27-23(21-12-6-7-14-25-21)26-20-11-5-4-10-18(20)19-13-15-24-16-22(19)28-17-8-2-1-3-9-17/h1-16H,(H,26,27). The van der Waals surface area contributed by atoms with Crippen molar-refractivity contribution < 1.29 is 4.79 Å². The van der Waals surface area contributed by atoms with Crippen LogP contribution in [0.4, 0.5) is 5.69 Å². The predicted molar refractivity (Wildman–Crippen MR) is 113 cm³/mol. The third-order valence-electron chi connectivity index (χ3n) is 4.12. The van der Waals surface area contributed by atoms with Gasteiger partial charge in [-0.2, -0.15) is 0 Å². The van der Waals surface area contributed by atoms with Gasteiger partial charge in [0.2, 0.25) is 0 Å². The zero-order valence-electron chi connectivity index (χ0n) is 14.9. The minimum absolute atomic E-state index is 0.114. The third-order valence-corrected chi connectivity index (χ3v) is 6.33. The SMILES string of the molecule is O=C(Nc1ccccc1-c1ccncc1[Se]c1ccccc1)c1ccccn1. The summed E-state index contributed by atoms with van der Waals surface area (Å²) in [7, 11) is 0. The summed E-state index contributed by atoms with van der Waals surface area (Å²) in [5.41, 5.74) is 3.20. The number of rotatable bonds is 5. The van der Waals surface area contributed by atoms with Crippen LogP contribution in [0, 0.1) is 0 Å². The molecule has 0 saturated carbocycles. The number of nitrogens with one attached hydrogen (secondary N) is 1. The Bertz CT molecular complexity index is 1090. The molecular formula is C23H17N3OSe. The maximum atomic E-state index is 12.6. The van der Waals surface area contributed by atoms with Crippen molar-refractivity contribution in [3.63, 3.8) is 0 Å². The number of carbonyl (C=O) groups is 1. The first-order valence-electron chi connectivity index (χ1n) is 8.80. The van der Waals surface area contributed by atoms with Crippen LogP contribution in [-0.2, 0) is 0 Å². The van der Waals surface area contributed by atoms with Gasteiger partial charge < -0.3 is 0 Å². The fraction of sp³-hybridized carbons (Fsp3) is 0. The van der Waals surface area contributed by atoms with Crippen LogP contribution in [-0.4, -0.2) is 30.8 Å². The number of anilines is 1. The first-order chi connectivity index (χ1) is 13.8. The number of carbonyl (C=O) groups excluding carboxylic acids is 1. The number of nitrogens with zero attached hydrogens (tertiary/aromatic N) is 2. The van der Waals surface area contributed by atoms with Crippen LogP contribution in [0.15, 0.2) is 97.5 Å². The van der Waals surface area contributed by atoms with Gasteiger partial charge in [-0.1, -0.05) is 0 Å². The molecule has 0 bridgehead atoms. The second-order valence-electron chi connectivity index (χ2n) is 6.00. The fourth-order valence-corrected chi connectivity index (χ4v) is 4.80. The first kappa shape index (κ1) is 18.1. The normalized spacial score (nSPS) is 10.4. The quantitative estimate of drug-likeness (QED) is 0.496. The van der Waals surface area contributed by atoms with Gasteiger partial charge in [-0.25, -0.2) is 0 Å². The number of aromatic nitrogens is 2. The molecule has 2 aromatic carbocycles. The van der Waals surface area contributed by atoms with Gasteiger partial charge in [0.1, 0.15) is 0 Å². The van der Waals surface area contributed by atoms with E-state index in [2.05, 4.69) is 27.4 Å². The summed E-state index contributed by atoms with van der Waals surface area (Å²) in [4.78, 5) is 21.0. The van der Waals surface area contributed by atoms with Crippen LogP contribution < -0.4 is 14.2 Å². The van der Waals surface area contributed by atoms with E-state index in [-0.39, 0.29) is 20.9 Å². The summed E-state index contributed by atoms with van der Waals surface area (Å²) in [6.07, 6.45) is 5.32. The van der Waals surface area contributed by atoms with E-state index in [4.69, 9.17) is 0 Å². The molecule has 0 aliphatic carbocycles. The van der Waals surface area contributed by atoms with Crippen LogP contribution >= 0.6 is 0 Å². The molecule has 0 atom stereocenters. The molecule has 0 fully saturated rings. The van der Waals surface area contributed by atoms with E-state index in [1.165, 1.54) is 8.92 Å². The molecule has 2 aromatic heterocycles. The average molecular weight is 430 g/mol. The molecule has 0 radical (unpaired) electrons. The molecule has 2 heterocycles. The summed E-state index contributed by atoms with van der Waals surface area (Å²) in [6.45, 7) is 0. The van der Waals surface area contributed by atoms with Gasteiger partial charge in [-0.05, 0) is 0 Å². The van der Waals surface area contributed by atoms with Crippen molar-refractivity contribution in [2.45, 2.75) is 0 Å². The van der Waals surface area contributed by atoms with Gasteiger partial charge in [0, 0.05) is 0 Å². The van der Waals surface area contributed by atoms with Crippen molar-refractivity contribution >= 4 is 35.5 Å². The molecule has 0 saturated heterocycles. The van der Waals surface area contributed by atoms with Crippen molar-refractivity contribution in [1.82, 2.24) is 9.97 Å². The molecule has 136 valence electrons. The average Bonchev–Trinajstić information content (AvgIpc) is 2.76.